The van der Waals surface area contributed by atoms with Gasteiger partial charge in [-0.25, -0.2) is 8.42 Å². The highest BCUT2D eigenvalue weighted by atomic mass is 32.2. The average Bonchev–Trinajstić information content (AvgIpc) is 2.71. The number of para-hydroxylation sites is 1. The molecule has 0 saturated heterocycles. The van der Waals surface area contributed by atoms with Crippen molar-refractivity contribution in [3.8, 4) is 0 Å². The Kier molecular flexibility index (Phi) is 6.22. The summed E-state index contributed by atoms with van der Waals surface area (Å²) in [5.74, 6) is -0.389. The Morgan fingerprint density at radius 1 is 1.14 bits per heavy atom. The SMILES string of the molecule is CCCNC(=O)c1ccccc1NS(=O)(=O)c1ccc2c(c1)CCCN2C(C)=O. The van der Waals surface area contributed by atoms with Crippen LogP contribution in [0.5, 0.6) is 0 Å². The zero-order valence-electron chi connectivity index (χ0n) is 16.6. The molecule has 1 heterocycles. The quantitative estimate of drug-likeness (QED) is 0.758. The van der Waals surface area contributed by atoms with E-state index < -0.39 is 10.0 Å². The van der Waals surface area contributed by atoms with Crippen LogP contribution in [0.2, 0.25) is 0 Å². The minimum Gasteiger partial charge on any atom is -0.352 e. The molecule has 1 aliphatic heterocycles. The van der Waals surface area contributed by atoms with Gasteiger partial charge < -0.3 is 10.2 Å². The number of benzene rings is 2. The van der Waals surface area contributed by atoms with Crippen molar-refractivity contribution in [1.82, 2.24) is 5.32 Å². The lowest BCUT2D eigenvalue weighted by Gasteiger charge is -2.28. The van der Waals surface area contributed by atoms with Gasteiger partial charge in [-0.05, 0) is 55.2 Å². The molecule has 0 aromatic heterocycles. The highest BCUT2D eigenvalue weighted by Crippen LogP contribution is 2.30. The van der Waals surface area contributed by atoms with E-state index in [1.165, 1.54) is 13.0 Å². The average molecular weight is 416 g/mol. The standard InChI is InChI=1S/C21H25N3O4S/c1-3-12-22-21(26)18-8-4-5-9-19(18)23-29(27,28)17-10-11-20-16(14-17)7-6-13-24(20)15(2)25/h4-5,8-11,14,23H,3,6-7,12-13H2,1-2H3,(H,22,26). The Balaban J connectivity index is 1.90. The largest absolute Gasteiger partial charge is 0.352 e. The summed E-state index contributed by atoms with van der Waals surface area (Å²) in [6.07, 6.45) is 2.27. The van der Waals surface area contributed by atoms with E-state index in [9.17, 15) is 18.0 Å². The van der Waals surface area contributed by atoms with Crippen molar-refractivity contribution in [3.05, 3.63) is 53.6 Å². The fourth-order valence-corrected chi connectivity index (χ4v) is 4.51. The lowest BCUT2D eigenvalue weighted by atomic mass is 10.0. The van der Waals surface area contributed by atoms with Crippen LogP contribution < -0.4 is 14.9 Å². The molecule has 0 saturated carbocycles. The van der Waals surface area contributed by atoms with Gasteiger partial charge in [0, 0.05) is 25.7 Å². The molecule has 2 aromatic carbocycles. The number of aryl methyl sites for hydroxylation is 1. The number of carbonyl (C=O) groups excluding carboxylic acids is 2. The van der Waals surface area contributed by atoms with E-state index in [2.05, 4.69) is 10.0 Å². The Bertz CT molecular complexity index is 1030. The van der Waals surface area contributed by atoms with Crippen molar-refractivity contribution < 1.29 is 18.0 Å². The third-order valence-corrected chi connectivity index (χ3v) is 6.17. The van der Waals surface area contributed by atoms with Crippen LogP contribution in [-0.4, -0.2) is 33.3 Å². The van der Waals surface area contributed by atoms with Gasteiger partial charge in [0.05, 0.1) is 16.1 Å². The lowest BCUT2D eigenvalue weighted by Crippen LogP contribution is -2.33. The van der Waals surface area contributed by atoms with Crippen LogP contribution in [0.1, 0.15) is 42.6 Å². The normalized spacial score (nSPS) is 13.5. The third kappa shape index (κ3) is 4.59. The van der Waals surface area contributed by atoms with E-state index in [0.717, 1.165) is 24.1 Å². The molecule has 29 heavy (non-hydrogen) atoms. The first-order valence-electron chi connectivity index (χ1n) is 9.64. The van der Waals surface area contributed by atoms with E-state index in [0.29, 0.717) is 19.5 Å². The van der Waals surface area contributed by atoms with Crippen molar-refractivity contribution in [2.45, 2.75) is 38.0 Å². The van der Waals surface area contributed by atoms with Crippen LogP contribution in [0.4, 0.5) is 11.4 Å². The molecule has 154 valence electrons. The molecule has 2 amide bonds. The lowest BCUT2D eigenvalue weighted by molar-refractivity contribution is -0.116. The van der Waals surface area contributed by atoms with Crippen LogP contribution in [-0.2, 0) is 21.2 Å². The smallest absolute Gasteiger partial charge is 0.261 e. The van der Waals surface area contributed by atoms with Crippen molar-refractivity contribution in [2.75, 3.05) is 22.7 Å². The summed E-state index contributed by atoms with van der Waals surface area (Å²) in [7, 11) is -3.89. The summed E-state index contributed by atoms with van der Waals surface area (Å²) in [4.78, 5) is 25.9. The number of amides is 2. The summed E-state index contributed by atoms with van der Waals surface area (Å²) in [6, 6.07) is 11.3. The molecule has 1 aliphatic rings. The number of fused-ring (bicyclic) bond motifs is 1. The molecular weight excluding hydrogens is 390 g/mol. The second-order valence-corrected chi connectivity index (χ2v) is 8.65. The Labute approximate surface area is 171 Å². The predicted molar refractivity (Wildman–Crippen MR) is 113 cm³/mol. The number of nitrogens with zero attached hydrogens (tertiary/aromatic N) is 1. The molecule has 7 nitrogen and oxygen atoms in total. The molecule has 0 radical (unpaired) electrons. The van der Waals surface area contributed by atoms with Crippen LogP contribution in [0.3, 0.4) is 0 Å². The number of rotatable bonds is 6. The van der Waals surface area contributed by atoms with Gasteiger partial charge in [0.2, 0.25) is 5.91 Å². The van der Waals surface area contributed by atoms with Gasteiger partial charge in [0.25, 0.3) is 15.9 Å². The van der Waals surface area contributed by atoms with Gasteiger partial charge in [0.15, 0.2) is 0 Å². The van der Waals surface area contributed by atoms with E-state index in [-0.39, 0.29) is 28.0 Å². The van der Waals surface area contributed by atoms with Crippen LogP contribution in [0.15, 0.2) is 47.4 Å². The van der Waals surface area contributed by atoms with Crippen LogP contribution >= 0.6 is 0 Å². The molecule has 0 spiro atoms. The van der Waals surface area contributed by atoms with Gasteiger partial charge in [-0.1, -0.05) is 19.1 Å². The molecule has 2 N–H and O–H groups in total. The van der Waals surface area contributed by atoms with Crippen LogP contribution in [0, 0.1) is 0 Å². The van der Waals surface area contributed by atoms with Crippen molar-refractivity contribution in [1.29, 1.82) is 0 Å². The number of hydrogen-bond donors (Lipinski definition) is 2. The zero-order chi connectivity index (χ0) is 21.0. The van der Waals surface area contributed by atoms with E-state index in [1.54, 1.807) is 41.3 Å². The Hall–Kier alpha value is -2.87. The minimum atomic E-state index is -3.89. The molecule has 0 fully saturated rings. The maximum Gasteiger partial charge on any atom is 0.261 e. The fourth-order valence-electron chi connectivity index (χ4n) is 3.38. The Morgan fingerprint density at radius 3 is 2.62 bits per heavy atom. The molecule has 3 rings (SSSR count). The van der Waals surface area contributed by atoms with Gasteiger partial charge in [0.1, 0.15) is 0 Å². The first-order chi connectivity index (χ1) is 13.8. The van der Waals surface area contributed by atoms with Crippen LogP contribution in [0.25, 0.3) is 0 Å². The van der Waals surface area contributed by atoms with Crippen molar-refractivity contribution in [2.24, 2.45) is 0 Å². The molecular formula is C21H25N3O4S. The highest BCUT2D eigenvalue weighted by Gasteiger charge is 2.24. The molecule has 0 bridgehead atoms. The number of anilines is 2. The number of sulfonamides is 1. The third-order valence-electron chi connectivity index (χ3n) is 4.81. The summed E-state index contributed by atoms with van der Waals surface area (Å²) >= 11 is 0. The first-order valence-corrected chi connectivity index (χ1v) is 11.1. The molecule has 0 aliphatic carbocycles. The molecule has 0 unspecified atom stereocenters. The number of nitrogens with one attached hydrogen (secondary N) is 2. The highest BCUT2D eigenvalue weighted by molar-refractivity contribution is 7.92. The second kappa shape index (κ2) is 8.65. The number of hydrogen-bond acceptors (Lipinski definition) is 4. The van der Waals surface area contributed by atoms with Crippen molar-refractivity contribution in [3.63, 3.8) is 0 Å². The van der Waals surface area contributed by atoms with Gasteiger partial charge >= 0.3 is 0 Å². The molecule has 8 heteroatoms. The molecule has 0 atom stereocenters. The maximum absolute atomic E-state index is 13.0. The van der Waals surface area contributed by atoms with Gasteiger partial charge in [-0.3, -0.25) is 14.3 Å². The second-order valence-electron chi connectivity index (χ2n) is 6.97. The summed E-state index contributed by atoms with van der Waals surface area (Å²) in [5.41, 5.74) is 2.07. The fraction of sp³-hybridized carbons (Fsp3) is 0.333. The van der Waals surface area contributed by atoms with Gasteiger partial charge in [-0.2, -0.15) is 0 Å². The van der Waals surface area contributed by atoms with Crippen molar-refractivity contribution >= 4 is 33.2 Å². The zero-order valence-corrected chi connectivity index (χ0v) is 17.4. The van der Waals surface area contributed by atoms with Gasteiger partial charge in [-0.15, -0.1) is 0 Å². The monoisotopic (exact) mass is 415 g/mol. The topological polar surface area (TPSA) is 95.6 Å². The molecule has 2 aromatic rings. The summed E-state index contributed by atoms with van der Waals surface area (Å²) in [6.45, 7) is 4.59. The minimum absolute atomic E-state index is 0.0632. The first kappa shape index (κ1) is 20.9. The Morgan fingerprint density at radius 2 is 1.90 bits per heavy atom. The predicted octanol–water partition coefficient (Wildman–Crippen LogP) is 2.93. The van der Waals surface area contributed by atoms with E-state index in [1.807, 2.05) is 6.92 Å². The summed E-state index contributed by atoms with van der Waals surface area (Å²) in [5, 5.41) is 2.76. The number of carbonyl (C=O) groups is 2. The summed E-state index contributed by atoms with van der Waals surface area (Å²) < 4.78 is 28.5. The maximum atomic E-state index is 13.0. The van der Waals surface area contributed by atoms with E-state index in [4.69, 9.17) is 0 Å². The van der Waals surface area contributed by atoms with E-state index >= 15 is 0 Å².